The van der Waals surface area contributed by atoms with Crippen LogP contribution in [0.15, 0.2) is 11.8 Å². The summed E-state index contributed by atoms with van der Waals surface area (Å²) < 4.78 is 0. The predicted octanol–water partition coefficient (Wildman–Crippen LogP) is 5.25. The molecule has 0 atom stereocenters. The molecule has 1 aliphatic heterocycles. The number of hydrogen-bond acceptors (Lipinski definition) is 2. The molecular weight excluding hydrogens is 268 g/mol. The van der Waals surface area contributed by atoms with Crippen LogP contribution in [0.4, 0.5) is 0 Å². The highest BCUT2D eigenvalue weighted by atomic mass is 15.1. The van der Waals surface area contributed by atoms with Crippen LogP contribution in [0.3, 0.4) is 0 Å². The minimum Gasteiger partial charge on any atom is -0.375 e. The average Bonchev–Trinajstić information content (AvgIpc) is 2.64. The summed E-state index contributed by atoms with van der Waals surface area (Å²) in [4.78, 5) is 2.74. The number of allylic oxidation sites excluding steroid dienone is 2. The molecule has 1 saturated heterocycles. The van der Waals surface area contributed by atoms with Crippen molar-refractivity contribution in [1.29, 1.82) is 0 Å². The van der Waals surface area contributed by atoms with Crippen LogP contribution in [0.1, 0.15) is 89.9 Å². The smallest absolute Gasteiger partial charge is 0.0187 e. The van der Waals surface area contributed by atoms with Crippen molar-refractivity contribution >= 4 is 0 Å². The fourth-order valence-electron chi connectivity index (χ4n) is 3.82. The van der Waals surface area contributed by atoms with Crippen LogP contribution in [0.5, 0.6) is 0 Å². The predicted molar refractivity (Wildman–Crippen MR) is 97.2 cm³/mol. The van der Waals surface area contributed by atoms with Gasteiger partial charge in [-0.3, -0.25) is 0 Å². The zero-order valence-electron chi connectivity index (χ0n) is 14.8. The Hall–Kier alpha value is -0.500. The molecule has 0 saturated carbocycles. The molecule has 0 aromatic heterocycles. The number of nitrogens with one attached hydrogen (secondary N) is 1. The van der Waals surface area contributed by atoms with Crippen molar-refractivity contribution in [3.63, 3.8) is 0 Å². The maximum absolute atomic E-state index is 3.61. The van der Waals surface area contributed by atoms with Gasteiger partial charge in [-0.1, -0.05) is 51.0 Å². The lowest BCUT2D eigenvalue weighted by Gasteiger charge is -2.28. The Kier molecular flexibility index (Phi) is 9.73. The average molecular weight is 307 g/mol. The van der Waals surface area contributed by atoms with Crippen LogP contribution in [0, 0.1) is 0 Å². The number of rotatable bonds is 1. The van der Waals surface area contributed by atoms with E-state index in [9.17, 15) is 0 Å². The van der Waals surface area contributed by atoms with E-state index in [0.717, 1.165) is 0 Å². The molecule has 0 amide bonds. The van der Waals surface area contributed by atoms with Crippen molar-refractivity contribution in [2.24, 2.45) is 0 Å². The van der Waals surface area contributed by atoms with E-state index in [0.29, 0.717) is 0 Å². The van der Waals surface area contributed by atoms with Crippen LogP contribution < -0.4 is 5.32 Å². The van der Waals surface area contributed by atoms with Gasteiger partial charge in [0.15, 0.2) is 0 Å². The first-order chi connectivity index (χ1) is 11.0. The Morgan fingerprint density at radius 2 is 1.27 bits per heavy atom. The van der Waals surface area contributed by atoms with Gasteiger partial charge in [-0.15, -0.1) is 0 Å². The molecule has 2 rings (SSSR count). The molecule has 22 heavy (non-hydrogen) atoms. The van der Waals surface area contributed by atoms with Crippen molar-refractivity contribution in [3.8, 4) is 0 Å². The van der Waals surface area contributed by atoms with Crippen LogP contribution in [-0.4, -0.2) is 31.1 Å². The molecule has 2 aliphatic rings. The van der Waals surface area contributed by atoms with E-state index >= 15 is 0 Å². The molecule has 1 N–H and O–H groups in total. The minimum atomic E-state index is 1.20. The summed E-state index contributed by atoms with van der Waals surface area (Å²) in [5, 5.41) is 3.61. The lowest BCUT2D eigenvalue weighted by molar-refractivity contribution is 0.315. The third-order valence-electron chi connectivity index (χ3n) is 5.24. The van der Waals surface area contributed by atoms with Gasteiger partial charge in [0.25, 0.3) is 0 Å². The molecule has 128 valence electrons. The van der Waals surface area contributed by atoms with Gasteiger partial charge in [0, 0.05) is 18.8 Å². The molecule has 0 aromatic rings. The molecule has 1 aliphatic carbocycles. The number of hydrogen-bond donors (Lipinski definition) is 1. The summed E-state index contributed by atoms with van der Waals surface area (Å²) in [5.41, 5.74) is 1.68. The molecule has 1 heterocycles. The Morgan fingerprint density at radius 3 is 2.18 bits per heavy atom. The Balaban J connectivity index is 1.90. The second kappa shape index (κ2) is 12.0. The van der Waals surface area contributed by atoms with Gasteiger partial charge in [-0.25, -0.2) is 0 Å². The highest BCUT2D eigenvalue weighted by molar-refractivity contribution is 5.02. The van der Waals surface area contributed by atoms with Gasteiger partial charge in [0.05, 0.1) is 0 Å². The first kappa shape index (κ1) is 17.8. The molecule has 0 spiro atoms. The third kappa shape index (κ3) is 7.67. The highest BCUT2D eigenvalue weighted by Crippen LogP contribution is 2.20. The summed E-state index contributed by atoms with van der Waals surface area (Å²) in [6.07, 6.45) is 22.2. The summed E-state index contributed by atoms with van der Waals surface area (Å²) in [6, 6.07) is 0. The second-order valence-corrected chi connectivity index (χ2v) is 7.21. The topological polar surface area (TPSA) is 15.3 Å². The summed E-state index contributed by atoms with van der Waals surface area (Å²) in [6.45, 7) is 4.98. The Labute approximate surface area is 138 Å². The van der Waals surface area contributed by atoms with Crippen LogP contribution >= 0.6 is 0 Å². The minimum absolute atomic E-state index is 1.20. The molecule has 0 unspecified atom stereocenters. The maximum atomic E-state index is 3.61. The first-order valence-corrected chi connectivity index (χ1v) is 10.1. The fraction of sp³-hybridized carbons (Fsp3) is 0.900. The van der Waals surface area contributed by atoms with Gasteiger partial charge >= 0.3 is 0 Å². The van der Waals surface area contributed by atoms with Gasteiger partial charge in [0.1, 0.15) is 0 Å². The molecule has 0 aromatic carbocycles. The van der Waals surface area contributed by atoms with E-state index in [1.165, 1.54) is 116 Å². The summed E-state index contributed by atoms with van der Waals surface area (Å²) >= 11 is 0. The lowest BCUT2D eigenvalue weighted by atomic mass is 10.1. The van der Waals surface area contributed by atoms with Crippen LogP contribution in [0.25, 0.3) is 0 Å². The molecule has 2 heteroatoms. The monoisotopic (exact) mass is 306 g/mol. The quantitative estimate of drug-likeness (QED) is 0.711. The molecule has 2 nitrogen and oxygen atoms in total. The molecule has 0 bridgehead atoms. The van der Waals surface area contributed by atoms with Crippen LogP contribution in [0.2, 0.25) is 0 Å². The van der Waals surface area contributed by atoms with Gasteiger partial charge in [-0.2, -0.15) is 0 Å². The zero-order chi connectivity index (χ0) is 15.3. The van der Waals surface area contributed by atoms with Gasteiger partial charge in [0.2, 0.25) is 0 Å². The normalized spacial score (nSPS) is 24.7. The van der Waals surface area contributed by atoms with Gasteiger partial charge in [-0.05, 0) is 58.0 Å². The maximum Gasteiger partial charge on any atom is 0.0187 e. The van der Waals surface area contributed by atoms with E-state index < -0.39 is 0 Å². The van der Waals surface area contributed by atoms with Crippen molar-refractivity contribution in [2.75, 3.05) is 26.2 Å². The van der Waals surface area contributed by atoms with E-state index in [1.807, 2.05) is 0 Å². The Morgan fingerprint density at radius 1 is 0.636 bits per heavy atom. The van der Waals surface area contributed by atoms with Crippen molar-refractivity contribution in [1.82, 2.24) is 10.2 Å². The van der Waals surface area contributed by atoms with Crippen molar-refractivity contribution < 1.29 is 0 Å². The van der Waals surface area contributed by atoms with Gasteiger partial charge < -0.3 is 10.2 Å². The zero-order valence-corrected chi connectivity index (χ0v) is 14.8. The van der Waals surface area contributed by atoms with Crippen molar-refractivity contribution in [3.05, 3.63) is 11.8 Å². The van der Waals surface area contributed by atoms with E-state index in [1.54, 1.807) is 5.70 Å². The van der Waals surface area contributed by atoms with E-state index in [2.05, 4.69) is 16.3 Å². The summed E-state index contributed by atoms with van der Waals surface area (Å²) in [7, 11) is 0. The lowest BCUT2D eigenvalue weighted by Crippen LogP contribution is -2.28. The summed E-state index contributed by atoms with van der Waals surface area (Å²) in [5.74, 6) is 0. The number of nitrogens with zero attached hydrogens (tertiary/aromatic N) is 1. The highest BCUT2D eigenvalue weighted by Gasteiger charge is 2.10. The standard InChI is InChI=1S/C20H38N2/c1-2-4-6-10-15-20(14-9-5-3-1)22-18-12-8-7-11-16-21-17-13-19-22/h14,21H,1-13,15-19H2. The van der Waals surface area contributed by atoms with E-state index in [4.69, 9.17) is 0 Å². The van der Waals surface area contributed by atoms with Crippen molar-refractivity contribution in [2.45, 2.75) is 89.9 Å². The molecule has 1 fully saturated rings. The largest absolute Gasteiger partial charge is 0.375 e. The molecule has 0 radical (unpaired) electrons. The second-order valence-electron chi connectivity index (χ2n) is 7.21. The SMILES string of the molecule is C1=C(N2CCCCCCNCCC2)CCCCCCCCC1. The molecular formula is C20H38N2. The van der Waals surface area contributed by atoms with Crippen LogP contribution in [-0.2, 0) is 0 Å². The Bertz CT molecular complexity index is 286. The third-order valence-corrected chi connectivity index (χ3v) is 5.24. The van der Waals surface area contributed by atoms with E-state index in [-0.39, 0.29) is 0 Å². The first-order valence-electron chi connectivity index (χ1n) is 10.1. The fourth-order valence-corrected chi connectivity index (χ4v) is 3.82.